The van der Waals surface area contributed by atoms with E-state index in [4.69, 9.17) is 14.2 Å². The molecule has 174 valence electrons. The summed E-state index contributed by atoms with van der Waals surface area (Å²) in [5.74, 6) is 2.51. The van der Waals surface area contributed by atoms with E-state index in [2.05, 4.69) is 0 Å². The highest BCUT2D eigenvalue weighted by Gasteiger charge is 2.38. The number of aliphatic hydroxyl groups is 1. The van der Waals surface area contributed by atoms with Crippen molar-refractivity contribution in [2.24, 2.45) is 17.8 Å². The van der Waals surface area contributed by atoms with E-state index in [9.17, 15) is 9.90 Å². The summed E-state index contributed by atoms with van der Waals surface area (Å²) in [6, 6.07) is 9.68. The Kier molecular flexibility index (Phi) is 9.66. The second-order valence-electron chi connectivity index (χ2n) is 9.60. The Morgan fingerprint density at radius 3 is 2.71 bits per heavy atom. The third-order valence-corrected chi connectivity index (χ3v) is 6.78. The molecule has 1 saturated heterocycles. The Morgan fingerprint density at radius 2 is 1.94 bits per heavy atom. The van der Waals surface area contributed by atoms with Crippen LogP contribution in [-0.2, 0) is 14.3 Å². The molecule has 1 aliphatic carbocycles. The summed E-state index contributed by atoms with van der Waals surface area (Å²) >= 11 is 0. The van der Waals surface area contributed by atoms with E-state index in [0.29, 0.717) is 36.9 Å². The molecule has 5 nitrogen and oxygen atoms in total. The van der Waals surface area contributed by atoms with Crippen molar-refractivity contribution in [1.82, 2.24) is 0 Å². The Morgan fingerprint density at radius 1 is 1.13 bits per heavy atom. The summed E-state index contributed by atoms with van der Waals surface area (Å²) in [4.78, 5) is 11.7. The van der Waals surface area contributed by atoms with Crippen molar-refractivity contribution >= 4 is 5.97 Å². The van der Waals surface area contributed by atoms with Crippen LogP contribution in [0.3, 0.4) is 0 Å². The molecule has 2 aliphatic rings. The molecule has 1 aromatic rings. The fraction of sp³-hybridized carbons (Fsp3) is 0.731. The zero-order valence-electron chi connectivity index (χ0n) is 19.2. The maximum Gasteiger partial charge on any atom is 0.306 e. The lowest BCUT2D eigenvalue weighted by atomic mass is 9.84. The van der Waals surface area contributed by atoms with Gasteiger partial charge in [0.05, 0.1) is 18.3 Å². The highest BCUT2D eigenvalue weighted by atomic mass is 16.5. The number of fused-ring (bicyclic) bond motifs is 1. The molecule has 1 aromatic carbocycles. The SMILES string of the molecule is CC(C)OC(=O)CCC[C@H]1CC[C@@H]2[C@@H](CC[C@@H](O)COc3ccccc3)CC[C@@H]2OC1. The lowest BCUT2D eigenvalue weighted by Gasteiger charge is -2.23. The van der Waals surface area contributed by atoms with Crippen LogP contribution in [0.15, 0.2) is 30.3 Å². The summed E-state index contributed by atoms with van der Waals surface area (Å²) in [5.41, 5.74) is 0. The number of ether oxygens (including phenoxy) is 3. The van der Waals surface area contributed by atoms with Crippen molar-refractivity contribution in [3.05, 3.63) is 30.3 Å². The molecule has 1 saturated carbocycles. The van der Waals surface area contributed by atoms with Crippen LogP contribution in [0.25, 0.3) is 0 Å². The van der Waals surface area contributed by atoms with Gasteiger partial charge < -0.3 is 19.3 Å². The van der Waals surface area contributed by atoms with Gasteiger partial charge in [-0.05, 0) is 95.1 Å². The number of benzene rings is 1. The molecule has 1 heterocycles. The number of carbonyl (C=O) groups excluding carboxylic acids is 1. The topological polar surface area (TPSA) is 65.0 Å². The van der Waals surface area contributed by atoms with Gasteiger partial charge in [-0.2, -0.15) is 0 Å². The van der Waals surface area contributed by atoms with Crippen molar-refractivity contribution in [3.63, 3.8) is 0 Å². The Labute approximate surface area is 187 Å². The van der Waals surface area contributed by atoms with E-state index in [1.165, 1.54) is 19.3 Å². The zero-order valence-corrected chi connectivity index (χ0v) is 19.2. The smallest absolute Gasteiger partial charge is 0.306 e. The fourth-order valence-corrected chi connectivity index (χ4v) is 5.15. The number of rotatable bonds is 11. The molecule has 2 fully saturated rings. The number of aliphatic hydroxyl groups excluding tert-OH is 1. The van der Waals surface area contributed by atoms with Crippen LogP contribution >= 0.6 is 0 Å². The molecule has 0 aromatic heterocycles. The van der Waals surface area contributed by atoms with Gasteiger partial charge in [0, 0.05) is 13.0 Å². The monoisotopic (exact) mass is 432 g/mol. The molecular formula is C26H40O5. The summed E-state index contributed by atoms with van der Waals surface area (Å²) < 4.78 is 17.2. The average molecular weight is 433 g/mol. The second-order valence-corrected chi connectivity index (χ2v) is 9.60. The third kappa shape index (κ3) is 8.12. The minimum atomic E-state index is -0.427. The van der Waals surface area contributed by atoms with Crippen molar-refractivity contribution in [3.8, 4) is 5.75 Å². The Balaban J connectivity index is 1.35. The van der Waals surface area contributed by atoms with Gasteiger partial charge >= 0.3 is 5.97 Å². The van der Waals surface area contributed by atoms with Gasteiger partial charge in [0.2, 0.25) is 0 Å². The van der Waals surface area contributed by atoms with E-state index in [-0.39, 0.29) is 12.1 Å². The molecule has 0 unspecified atom stereocenters. The largest absolute Gasteiger partial charge is 0.491 e. The van der Waals surface area contributed by atoms with Crippen molar-refractivity contribution in [2.45, 2.75) is 89.9 Å². The fourth-order valence-electron chi connectivity index (χ4n) is 5.15. The van der Waals surface area contributed by atoms with E-state index in [0.717, 1.165) is 44.5 Å². The minimum absolute atomic E-state index is 0.0339. The van der Waals surface area contributed by atoms with Crippen molar-refractivity contribution < 1.29 is 24.1 Å². The van der Waals surface area contributed by atoms with Crippen molar-refractivity contribution in [2.75, 3.05) is 13.2 Å². The number of hydrogen-bond donors (Lipinski definition) is 1. The van der Waals surface area contributed by atoms with E-state index < -0.39 is 6.10 Å². The van der Waals surface area contributed by atoms with Gasteiger partial charge in [0.25, 0.3) is 0 Å². The number of para-hydroxylation sites is 1. The molecule has 0 bridgehead atoms. The Hall–Kier alpha value is -1.59. The predicted molar refractivity (Wildman–Crippen MR) is 121 cm³/mol. The molecule has 31 heavy (non-hydrogen) atoms. The normalized spacial score (nSPS) is 26.8. The van der Waals surface area contributed by atoms with Crippen LogP contribution in [-0.4, -0.2) is 42.6 Å². The Bertz CT molecular complexity index is 646. The first-order valence-corrected chi connectivity index (χ1v) is 12.2. The van der Waals surface area contributed by atoms with Crippen molar-refractivity contribution in [1.29, 1.82) is 0 Å². The molecular weight excluding hydrogens is 392 g/mol. The second kappa shape index (κ2) is 12.4. The van der Waals surface area contributed by atoms with Gasteiger partial charge in [-0.15, -0.1) is 0 Å². The van der Waals surface area contributed by atoms with Crippen LogP contribution in [0, 0.1) is 17.8 Å². The number of hydrogen-bond acceptors (Lipinski definition) is 5. The van der Waals surface area contributed by atoms with Crippen LogP contribution in [0.2, 0.25) is 0 Å². The first-order valence-electron chi connectivity index (χ1n) is 12.2. The number of esters is 1. The maximum absolute atomic E-state index is 11.7. The summed E-state index contributed by atoms with van der Waals surface area (Å²) in [6.07, 6.45) is 8.87. The molecule has 1 aliphatic heterocycles. The molecule has 3 rings (SSSR count). The first-order chi connectivity index (χ1) is 15.0. The highest BCUT2D eigenvalue weighted by Crippen LogP contribution is 2.43. The predicted octanol–water partition coefficient (Wildman–Crippen LogP) is 5.15. The maximum atomic E-state index is 11.7. The van der Waals surface area contributed by atoms with E-state index in [1.54, 1.807) is 0 Å². The van der Waals surface area contributed by atoms with Gasteiger partial charge in [-0.25, -0.2) is 0 Å². The van der Waals surface area contributed by atoms with E-state index in [1.807, 2.05) is 44.2 Å². The van der Waals surface area contributed by atoms with Crippen LogP contribution in [0.4, 0.5) is 0 Å². The third-order valence-electron chi connectivity index (χ3n) is 6.78. The standard InChI is InChI=1S/C26H40O5/c1-19(2)31-26(28)10-6-7-20-11-15-24-21(13-16-25(24)30-17-20)12-14-22(27)18-29-23-8-4-3-5-9-23/h3-5,8-9,19-22,24-25,27H,6-7,10-18H2,1-2H3/t20-,21-,22+,24+,25-/m0/s1. The van der Waals surface area contributed by atoms with Gasteiger partial charge in [0.15, 0.2) is 0 Å². The highest BCUT2D eigenvalue weighted by molar-refractivity contribution is 5.69. The molecule has 5 atom stereocenters. The molecule has 0 radical (unpaired) electrons. The molecule has 0 amide bonds. The van der Waals surface area contributed by atoms with Gasteiger partial charge in [-0.3, -0.25) is 4.79 Å². The van der Waals surface area contributed by atoms with Crippen LogP contribution < -0.4 is 4.74 Å². The summed E-state index contributed by atoms with van der Waals surface area (Å²) in [6.45, 7) is 4.95. The van der Waals surface area contributed by atoms with Crippen LogP contribution in [0.1, 0.15) is 71.6 Å². The molecule has 1 N–H and O–H groups in total. The van der Waals surface area contributed by atoms with Gasteiger partial charge in [0.1, 0.15) is 12.4 Å². The van der Waals surface area contributed by atoms with Gasteiger partial charge in [-0.1, -0.05) is 18.2 Å². The average Bonchev–Trinajstić information content (AvgIpc) is 3.02. The minimum Gasteiger partial charge on any atom is -0.491 e. The quantitative estimate of drug-likeness (QED) is 0.490. The van der Waals surface area contributed by atoms with Crippen LogP contribution in [0.5, 0.6) is 5.75 Å². The zero-order chi connectivity index (χ0) is 22.1. The lowest BCUT2D eigenvalue weighted by Crippen LogP contribution is -2.23. The molecule has 0 spiro atoms. The van der Waals surface area contributed by atoms with E-state index >= 15 is 0 Å². The lowest BCUT2D eigenvalue weighted by molar-refractivity contribution is -0.147. The molecule has 5 heteroatoms. The summed E-state index contributed by atoms with van der Waals surface area (Å²) in [7, 11) is 0. The number of carbonyl (C=O) groups is 1. The summed E-state index contributed by atoms with van der Waals surface area (Å²) in [5, 5.41) is 10.4. The first kappa shape index (κ1) is 24.1.